The van der Waals surface area contributed by atoms with Gasteiger partial charge in [-0.2, -0.15) is 0 Å². The molecule has 90 valence electrons. The molecule has 4 heterocycles. The van der Waals surface area contributed by atoms with E-state index in [1.807, 2.05) is 13.8 Å². The van der Waals surface area contributed by atoms with Crippen LogP contribution in [-0.2, 0) is 18.9 Å². The molecule has 0 aromatic rings. The molecule has 4 aliphatic rings. The van der Waals surface area contributed by atoms with E-state index in [-0.39, 0.29) is 22.4 Å². The predicted octanol–water partition coefficient (Wildman–Crippen LogP) is 1.57. The lowest BCUT2D eigenvalue weighted by Gasteiger charge is -2.18. The maximum atomic E-state index is 6.05. The minimum atomic E-state index is -0.581. The van der Waals surface area contributed by atoms with E-state index in [9.17, 15) is 0 Å². The Kier molecular flexibility index (Phi) is 1.10. The molecule has 4 rings (SSSR count). The number of ether oxygens (including phenoxy) is 4. The fourth-order valence-electron chi connectivity index (χ4n) is 3.89. The van der Waals surface area contributed by atoms with E-state index >= 15 is 0 Å². The van der Waals surface area contributed by atoms with Gasteiger partial charge in [-0.25, -0.2) is 0 Å². The van der Waals surface area contributed by atoms with Crippen molar-refractivity contribution in [3.05, 3.63) is 0 Å². The molecule has 4 aliphatic heterocycles. The van der Waals surface area contributed by atoms with Gasteiger partial charge in [0.05, 0.1) is 0 Å². The Morgan fingerprint density at radius 3 is 1.19 bits per heavy atom. The summed E-state index contributed by atoms with van der Waals surface area (Å²) in [7, 11) is 0. The van der Waals surface area contributed by atoms with Crippen molar-refractivity contribution >= 4 is 0 Å². The standard InChI is InChI=1S/C12H18O4/c1-7-8(2,13-7)10(4)12(6,15-10)16-11(5)9(7,3)14-11/h1-6H3. The molecular formula is C12H18O4. The van der Waals surface area contributed by atoms with Crippen molar-refractivity contribution in [3.8, 4) is 0 Å². The molecule has 0 aromatic heterocycles. The molecular weight excluding hydrogens is 208 g/mol. The second-order valence-electron chi connectivity index (χ2n) is 6.43. The summed E-state index contributed by atoms with van der Waals surface area (Å²) in [5.41, 5.74) is -1.37. The molecule has 4 saturated heterocycles. The molecule has 4 fully saturated rings. The summed E-state index contributed by atoms with van der Waals surface area (Å²) in [6.45, 7) is 12.3. The van der Waals surface area contributed by atoms with Crippen LogP contribution in [0.25, 0.3) is 0 Å². The van der Waals surface area contributed by atoms with Crippen LogP contribution in [0.5, 0.6) is 0 Å². The summed E-state index contributed by atoms with van der Waals surface area (Å²) < 4.78 is 23.8. The van der Waals surface area contributed by atoms with Crippen LogP contribution in [0.3, 0.4) is 0 Å². The third-order valence-electron chi connectivity index (χ3n) is 5.93. The van der Waals surface area contributed by atoms with Gasteiger partial charge in [0.2, 0.25) is 11.6 Å². The Morgan fingerprint density at radius 1 is 0.438 bits per heavy atom. The van der Waals surface area contributed by atoms with E-state index in [1.54, 1.807) is 0 Å². The lowest BCUT2D eigenvalue weighted by molar-refractivity contribution is -0.134. The quantitative estimate of drug-likeness (QED) is 0.588. The fourth-order valence-corrected chi connectivity index (χ4v) is 3.89. The highest BCUT2D eigenvalue weighted by Gasteiger charge is 2.99. The first-order valence-corrected chi connectivity index (χ1v) is 5.88. The molecule has 4 heteroatoms. The zero-order chi connectivity index (χ0) is 11.8. The van der Waals surface area contributed by atoms with E-state index in [2.05, 4.69) is 27.7 Å². The first-order chi connectivity index (χ1) is 7.08. The van der Waals surface area contributed by atoms with Gasteiger partial charge < -0.3 is 18.9 Å². The van der Waals surface area contributed by atoms with Crippen LogP contribution < -0.4 is 0 Å². The Bertz CT molecular complexity index is 401. The highest BCUT2D eigenvalue weighted by Crippen LogP contribution is 2.80. The Morgan fingerprint density at radius 2 is 0.812 bits per heavy atom. The molecule has 0 spiro atoms. The van der Waals surface area contributed by atoms with Crippen molar-refractivity contribution in [1.29, 1.82) is 0 Å². The second kappa shape index (κ2) is 1.79. The number of fused-ring (bicyclic) bond motifs is 5. The van der Waals surface area contributed by atoms with Gasteiger partial charge in [-0.1, -0.05) is 0 Å². The summed E-state index contributed by atoms with van der Waals surface area (Å²) in [5, 5.41) is 0. The van der Waals surface area contributed by atoms with Crippen molar-refractivity contribution in [2.24, 2.45) is 0 Å². The smallest absolute Gasteiger partial charge is 0.201 e. The Balaban J connectivity index is 1.91. The summed E-state index contributed by atoms with van der Waals surface area (Å²) in [4.78, 5) is 0. The first kappa shape index (κ1) is 9.83. The second-order valence-corrected chi connectivity index (χ2v) is 6.43. The Hall–Kier alpha value is -0.160. The van der Waals surface area contributed by atoms with Gasteiger partial charge in [0, 0.05) is 0 Å². The summed E-state index contributed by atoms with van der Waals surface area (Å²) in [6, 6.07) is 0. The van der Waals surface area contributed by atoms with E-state index in [0.29, 0.717) is 0 Å². The van der Waals surface area contributed by atoms with Crippen molar-refractivity contribution in [3.63, 3.8) is 0 Å². The molecule has 0 radical (unpaired) electrons. The maximum Gasteiger partial charge on any atom is 0.201 e. The highest BCUT2D eigenvalue weighted by atomic mass is 16.9. The van der Waals surface area contributed by atoms with Crippen LogP contribution in [0, 0.1) is 0 Å². The van der Waals surface area contributed by atoms with Crippen molar-refractivity contribution in [2.75, 3.05) is 0 Å². The zero-order valence-corrected chi connectivity index (χ0v) is 10.6. The summed E-state index contributed by atoms with van der Waals surface area (Å²) in [6.07, 6.45) is 0. The molecule has 4 nitrogen and oxygen atoms in total. The van der Waals surface area contributed by atoms with E-state index in [1.165, 1.54) is 0 Å². The lowest BCUT2D eigenvalue weighted by Crippen LogP contribution is -2.43. The van der Waals surface area contributed by atoms with Crippen LogP contribution in [0.1, 0.15) is 41.5 Å². The summed E-state index contributed by atoms with van der Waals surface area (Å²) >= 11 is 0. The lowest BCUT2D eigenvalue weighted by atomic mass is 9.75. The van der Waals surface area contributed by atoms with Gasteiger partial charge in [-0.3, -0.25) is 0 Å². The van der Waals surface area contributed by atoms with Gasteiger partial charge in [0.15, 0.2) is 11.2 Å². The summed E-state index contributed by atoms with van der Waals surface area (Å²) in [5.74, 6) is -1.16. The van der Waals surface area contributed by atoms with E-state index < -0.39 is 11.6 Å². The first-order valence-electron chi connectivity index (χ1n) is 5.88. The monoisotopic (exact) mass is 226 g/mol. The van der Waals surface area contributed by atoms with Crippen LogP contribution in [-0.4, -0.2) is 34.0 Å². The normalized spacial score (nSPS) is 79.1. The van der Waals surface area contributed by atoms with Gasteiger partial charge in [-0.15, -0.1) is 0 Å². The average molecular weight is 226 g/mol. The van der Waals surface area contributed by atoms with Crippen molar-refractivity contribution in [1.82, 2.24) is 0 Å². The SMILES string of the molecule is CC12OC3(C)OC3(C)C3(C)OC3(C)C1(C)O2. The van der Waals surface area contributed by atoms with Gasteiger partial charge in [-0.05, 0) is 41.5 Å². The maximum absolute atomic E-state index is 6.05. The van der Waals surface area contributed by atoms with Gasteiger partial charge in [0.25, 0.3) is 0 Å². The van der Waals surface area contributed by atoms with Gasteiger partial charge in [0.1, 0.15) is 11.2 Å². The van der Waals surface area contributed by atoms with Crippen molar-refractivity contribution < 1.29 is 18.9 Å². The fraction of sp³-hybridized carbons (Fsp3) is 1.00. The average Bonchev–Trinajstić information content (AvgIpc) is 2.97. The number of hydrogen-bond donors (Lipinski definition) is 0. The topological polar surface area (TPSA) is 46.8 Å². The predicted molar refractivity (Wildman–Crippen MR) is 54.8 cm³/mol. The van der Waals surface area contributed by atoms with Gasteiger partial charge >= 0.3 is 0 Å². The van der Waals surface area contributed by atoms with E-state index in [4.69, 9.17) is 18.9 Å². The number of rotatable bonds is 0. The van der Waals surface area contributed by atoms with Crippen molar-refractivity contribution in [2.45, 2.75) is 75.5 Å². The molecule has 0 aromatic carbocycles. The largest absolute Gasteiger partial charge is 0.356 e. The van der Waals surface area contributed by atoms with Crippen LogP contribution in [0.15, 0.2) is 0 Å². The van der Waals surface area contributed by atoms with Crippen LogP contribution in [0.4, 0.5) is 0 Å². The highest BCUT2D eigenvalue weighted by molar-refractivity contribution is 5.41. The minimum Gasteiger partial charge on any atom is -0.356 e. The zero-order valence-electron chi connectivity index (χ0n) is 10.6. The molecule has 0 bridgehead atoms. The number of epoxide rings is 3. The third-order valence-corrected chi connectivity index (χ3v) is 5.93. The van der Waals surface area contributed by atoms with Crippen LogP contribution in [0.2, 0.25) is 0 Å². The number of hydrogen-bond acceptors (Lipinski definition) is 4. The molecule has 16 heavy (non-hydrogen) atoms. The molecule has 0 saturated carbocycles. The molecule has 0 N–H and O–H groups in total. The Labute approximate surface area is 95.2 Å². The molecule has 0 amide bonds. The molecule has 0 aliphatic carbocycles. The minimum absolute atomic E-state index is 0.322. The molecule has 6 unspecified atom stereocenters. The van der Waals surface area contributed by atoms with E-state index in [0.717, 1.165) is 0 Å². The third kappa shape index (κ3) is 0.578. The molecule has 6 atom stereocenters. The van der Waals surface area contributed by atoms with Crippen LogP contribution >= 0.6 is 0 Å².